The van der Waals surface area contributed by atoms with Crippen molar-refractivity contribution in [2.75, 3.05) is 0 Å². The van der Waals surface area contributed by atoms with Gasteiger partial charge in [0.1, 0.15) is 0 Å². The average Bonchev–Trinajstić information content (AvgIpc) is 2.39. The monoisotopic (exact) mass is 312 g/mol. The molecule has 0 heterocycles. The molecule has 0 spiro atoms. The number of hydrogen-bond donors (Lipinski definition) is 0. The van der Waals surface area contributed by atoms with Crippen molar-refractivity contribution in [3.63, 3.8) is 0 Å². The van der Waals surface area contributed by atoms with Gasteiger partial charge in [0.2, 0.25) is 0 Å². The molecular weight excluding hydrogens is 295 g/mol. The zero-order valence-corrected chi connectivity index (χ0v) is 12.2. The van der Waals surface area contributed by atoms with Crippen molar-refractivity contribution >= 4 is 33.6 Å². The van der Waals surface area contributed by atoms with E-state index in [0.29, 0.717) is 11.0 Å². The molecule has 3 heteroatoms. The first-order valence-corrected chi connectivity index (χ1v) is 9.63. The van der Waals surface area contributed by atoms with Crippen LogP contribution in [0.5, 0.6) is 0 Å². The summed E-state index contributed by atoms with van der Waals surface area (Å²) in [6.45, 7) is 0. The standard InChI is InChI=1S/C14H16OSSe/c15-14(11-12-7-3-1-4-8-12)16-17-13-9-5-2-6-10-13/h2-3,5-7,9-10,12H,1,4,8,11H2. The Morgan fingerprint density at radius 2 is 2.18 bits per heavy atom. The van der Waals surface area contributed by atoms with Crippen LogP contribution in [0.2, 0.25) is 0 Å². The molecule has 0 saturated heterocycles. The van der Waals surface area contributed by atoms with Crippen molar-refractivity contribution in [3.8, 4) is 0 Å². The Hall–Kier alpha value is -0.501. The molecule has 1 unspecified atom stereocenters. The Bertz CT molecular complexity index is 388. The van der Waals surface area contributed by atoms with E-state index in [1.165, 1.54) is 33.9 Å². The Morgan fingerprint density at radius 1 is 1.35 bits per heavy atom. The third-order valence-electron chi connectivity index (χ3n) is 2.76. The van der Waals surface area contributed by atoms with Gasteiger partial charge in [0.05, 0.1) is 0 Å². The first kappa shape index (κ1) is 12.9. The number of carbonyl (C=O) groups excluding carboxylic acids is 1. The molecule has 1 nitrogen and oxygen atoms in total. The van der Waals surface area contributed by atoms with Crippen molar-refractivity contribution in [2.45, 2.75) is 25.7 Å². The second kappa shape index (κ2) is 7.05. The van der Waals surface area contributed by atoms with E-state index in [2.05, 4.69) is 24.3 Å². The van der Waals surface area contributed by atoms with Crippen LogP contribution in [0, 0.1) is 5.92 Å². The van der Waals surface area contributed by atoms with E-state index < -0.39 is 0 Å². The van der Waals surface area contributed by atoms with Crippen LogP contribution in [-0.4, -0.2) is 19.0 Å². The molecule has 0 radical (unpaired) electrons. The molecule has 1 aliphatic rings. The van der Waals surface area contributed by atoms with Crippen LogP contribution in [0.15, 0.2) is 42.5 Å². The fraction of sp³-hybridized carbons (Fsp3) is 0.357. The third kappa shape index (κ3) is 4.71. The summed E-state index contributed by atoms with van der Waals surface area (Å²) in [6, 6.07) is 10.3. The predicted octanol–water partition coefficient (Wildman–Crippen LogP) is 2.94. The van der Waals surface area contributed by atoms with Crippen LogP contribution in [0.4, 0.5) is 0 Å². The van der Waals surface area contributed by atoms with E-state index in [1.54, 1.807) is 0 Å². The molecule has 17 heavy (non-hydrogen) atoms. The quantitative estimate of drug-likeness (QED) is 0.628. The molecule has 0 amide bonds. The van der Waals surface area contributed by atoms with Gasteiger partial charge in [-0.1, -0.05) is 0 Å². The van der Waals surface area contributed by atoms with Crippen molar-refractivity contribution in [1.82, 2.24) is 0 Å². The molecule has 0 bridgehead atoms. The first-order chi connectivity index (χ1) is 8.34. The molecule has 0 fully saturated rings. The summed E-state index contributed by atoms with van der Waals surface area (Å²) < 4.78 is 1.29. The van der Waals surface area contributed by atoms with Gasteiger partial charge in [-0.2, -0.15) is 0 Å². The van der Waals surface area contributed by atoms with E-state index in [-0.39, 0.29) is 13.8 Å². The van der Waals surface area contributed by atoms with Crippen LogP contribution >= 0.6 is 10.2 Å². The Balaban J connectivity index is 1.74. The fourth-order valence-corrected chi connectivity index (χ4v) is 5.10. The van der Waals surface area contributed by atoms with Gasteiger partial charge in [-0.05, 0) is 0 Å². The molecule has 0 aliphatic heterocycles. The molecule has 2 rings (SSSR count). The van der Waals surface area contributed by atoms with Crippen LogP contribution in [0.3, 0.4) is 0 Å². The van der Waals surface area contributed by atoms with E-state index in [9.17, 15) is 4.79 Å². The maximum atomic E-state index is 11.8. The van der Waals surface area contributed by atoms with Gasteiger partial charge in [-0.15, -0.1) is 0 Å². The molecule has 0 N–H and O–H groups in total. The van der Waals surface area contributed by atoms with Gasteiger partial charge >= 0.3 is 112 Å². The van der Waals surface area contributed by atoms with E-state index >= 15 is 0 Å². The second-order valence-electron chi connectivity index (χ2n) is 4.17. The first-order valence-electron chi connectivity index (χ1n) is 5.93. The van der Waals surface area contributed by atoms with Gasteiger partial charge in [0.15, 0.2) is 0 Å². The van der Waals surface area contributed by atoms with Crippen molar-refractivity contribution in [3.05, 3.63) is 42.5 Å². The summed E-state index contributed by atoms with van der Waals surface area (Å²) >= 11 is 0.233. The molecule has 0 saturated carbocycles. The predicted molar refractivity (Wildman–Crippen MR) is 75.5 cm³/mol. The number of allylic oxidation sites excluding steroid dienone is 2. The Morgan fingerprint density at radius 3 is 2.88 bits per heavy atom. The summed E-state index contributed by atoms with van der Waals surface area (Å²) in [6.07, 6.45) is 8.76. The van der Waals surface area contributed by atoms with E-state index in [4.69, 9.17) is 0 Å². The summed E-state index contributed by atoms with van der Waals surface area (Å²) in [5.74, 6) is 0.496. The zero-order valence-electron chi connectivity index (χ0n) is 9.67. The number of hydrogen-bond acceptors (Lipinski definition) is 2. The van der Waals surface area contributed by atoms with E-state index in [0.717, 1.165) is 6.42 Å². The summed E-state index contributed by atoms with van der Waals surface area (Å²) in [5, 5.41) is 0.352. The molecular formula is C14H16OSSe. The Labute approximate surface area is 112 Å². The van der Waals surface area contributed by atoms with Crippen molar-refractivity contribution in [2.24, 2.45) is 5.92 Å². The van der Waals surface area contributed by atoms with Crippen LogP contribution in [0.1, 0.15) is 25.7 Å². The molecule has 0 aromatic heterocycles. The topological polar surface area (TPSA) is 17.1 Å². The van der Waals surface area contributed by atoms with Gasteiger partial charge in [-0.25, -0.2) is 0 Å². The third-order valence-corrected chi connectivity index (χ3v) is 6.86. The molecule has 1 aliphatic carbocycles. The van der Waals surface area contributed by atoms with Crippen LogP contribution in [0.25, 0.3) is 0 Å². The molecule has 1 aromatic rings. The van der Waals surface area contributed by atoms with Gasteiger partial charge in [-0.3, -0.25) is 0 Å². The zero-order chi connectivity index (χ0) is 11.9. The SMILES string of the molecule is O=C(CC1C=CCCC1)S[Se]c1ccccc1. The molecule has 1 atom stereocenters. The van der Waals surface area contributed by atoms with Crippen molar-refractivity contribution < 1.29 is 4.79 Å². The number of carbonyl (C=O) groups is 1. The van der Waals surface area contributed by atoms with Crippen LogP contribution in [-0.2, 0) is 4.79 Å². The van der Waals surface area contributed by atoms with Crippen LogP contribution < -0.4 is 4.46 Å². The number of benzene rings is 1. The van der Waals surface area contributed by atoms with Gasteiger partial charge < -0.3 is 0 Å². The minimum atomic E-state index is 0.233. The second-order valence-corrected chi connectivity index (χ2v) is 8.05. The van der Waals surface area contributed by atoms with Crippen molar-refractivity contribution in [1.29, 1.82) is 0 Å². The Kier molecular flexibility index (Phi) is 5.37. The average molecular weight is 311 g/mol. The number of rotatable bonds is 4. The normalized spacial score (nSPS) is 19.2. The van der Waals surface area contributed by atoms with Gasteiger partial charge in [0, 0.05) is 0 Å². The molecule has 1 aromatic carbocycles. The molecule has 90 valence electrons. The summed E-state index contributed by atoms with van der Waals surface area (Å²) in [4.78, 5) is 11.8. The minimum absolute atomic E-state index is 0.233. The summed E-state index contributed by atoms with van der Waals surface area (Å²) in [7, 11) is 1.51. The van der Waals surface area contributed by atoms with E-state index in [1.807, 2.05) is 18.2 Å². The maximum absolute atomic E-state index is 11.8. The fourth-order valence-electron chi connectivity index (χ4n) is 1.87. The van der Waals surface area contributed by atoms with Gasteiger partial charge in [0.25, 0.3) is 0 Å². The summed E-state index contributed by atoms with van der Waals surface area (Å²) in [5.41, 5.74) is 0.